The average Bonchev–Trinajstić information content (AvgIpc) is 2.92. The first kappa shape index (κ1) is 14.0. The number of fused-ring (bicyclic) bond motifs is 1. The predicted octanol–water partition coefficient (Wildman–Crippen LogP) is 3.11. The Morgan fingerprint density at radius 3 is 2.90 bits per heavy atom. The van der Waals surface area contributed by atoms with Gasteiger partial charge in [-0.1, -0.05) is 18.2 Å². The molecular weight excluding hydrogens is 284 g/mol. The highest BCUT2D eigenvalue weighted by Gasteiger charge is 2.08. The van der Waals surface area contributed by atoms with E-state index in [-0.39, 0.29) is 6.61 Å². The van der Waals surface area contributed by atoms with E-state index < -0.39 is 0 Å². The third-order valence-corrected chi connectivity index (χ3v) is 4.33. The van der Waals surface area contributed by atoms with E-state index in [0.717, 1.165) is 22.9 Å². The lowest BCUT2D eigenvalue weighted by molar-refractivity contribution is 0.270. The molecule has 0 amide bonds. The second-order valence-corrected chi connectivity index (χ2v) is 5.70. The summed E-state index contributed by atoms with van der Waals surface area (Å²) >= 11 is 1.64. The maximum absolute atomic E-state index is 9.31. The summed E-state index contributed by atoms with van der Waals surface area (Å²) in [5.41, 5.74) is 3.54. The lowest BCUT2D eigenvalue weighted by Crippen LogP contribution is -2.04. The van der Waals surface area contributed by atoms with Crippen molar-refractivity contribution in [2.75, 3.05) is 6.61 Å². The zero-order valence-electron chi connectivity index (χ0n) is 11.7. The number of ether oxygens (including phenoxy) is 1. The van der Waals surface area contributed by atoms with E-state index in [1.165, 1.54) is 4.88 Å². The second kappa shape index (κ2) is 6.20. The Morgan fingerprint density at radius 2 is 2.14 bits per heavy atom. The molecule has 1 N–H and O–H groups in total. The van der Waals surface area contributed by atoms with Gasteiger partial charge in [0.05, 0.1) is 30.1 Å². The zero-order chi connectivity index (χ0) is 14.7. The van der Waals surface area contributed by atoms with Crippen LogP contribution in [0.3, 0.4) is 0 Å². The van der Waals surface area contributed by atoms with Crippen molar-refractivity contribution in [2.45, 2.75) is 20.0 Å². The summed E-state index contributed by atoms with van der Waals surface area (Å²) in [7, 11) is 0. The van der Waals surface area contributed by atoms with Crippen molar-refractivity contribution >= 4 is 22.1 Å². The van der Waals surface area contributed by atoms with Crippen molar-refractivity contribution < 1.29 is 9.84 Å². The molecule has 0 unspecified atom stereocenters. The molecule has 0 aliphatic heterocycles. The minimum atomic E-state index is -0.0881. The van der Waals surface area contributed by atoms with Crippen LogP contribution in [0.1, 0.15) is 16.3 Å². The van der Waals surface area contributed by atoms with Gasteiger partial charge in [-0.15, -0.1) is 11.3 Å². The van der Waals surface area contributed by atoms with Gasteiger partial charge in [-0.05, 0) is 24.4 Å². The molecule has 0 atom stereocenters. The lowest BCUT2D eigenvalue weighted by Gasteiger charge is -2.10. The summed E-state index contributed by atoms with van der Waals surface area (Å²) in [5, 5.41) is 11.3. The first-order chi connectivity index (χ1) is 10.3. The highest BCUT2D eigenvalue weighted by atomic mass is 32.1. The first-order valence-corrected chi connectivity index (χ1v) is 7.67. The van der Waals surface area contributed by atoms with E-state index in [1.807, 2.05) is 42.8 Å². The van der Waals surface area contributed by atoms with E-state index in [4.69, 9.17) is 4.74 Å². The molecule has 0 saturated carbocycles. The molecule has 0 saturated heterocycles. The summed E-state index contributed by atoms with van der Waals surface area (Å²) in [4.78, 5) is 9.84. The molecule has 1 aromatic carbocycles. The smallest absolute Gasteiger partial charge is 0.221 e. The van der Waals surface area contributed by atoms with Gasteiger partial charge < -0.3 is 9.84 Å². The molecule has 0 radical (unpaired) electrons. The number of aromatic nitrogens is 2. The normalized spacial score (nSPS) is 11.0. The molecule has 2 heterocycles. The summed E-state index contributed by atoms with van der Waals surface area (Å²) in [6.07, 6.45) is 0.815. The highest BCUT2D eigenvalue weighted by Crippen LogP contribution is 2.25. The van der Waals surface area contributed by atoms with Gasteiger partial charge >= 0.3 is 0 Å². The van der Waals surface area contributed by atoms with Crippen molar-refractivity contribution in [3.63, 3.8) is 0 Å². The van der Waals surface area contributed by atoms with Gasteiger partial charge in [0, 0.05) is 16.7 Å². The molecule has 0 aliphatic rings. The zero-order valence-corrected chi connectivity index (χ0v) is 12.6. The second-order valence-electron chi connectivity index (χ2n) is 4.76. The summed E-state index contributed by atoms with van der Waals surface area (Å²) in [6, 6.07) is 9.79. The van der Waals surface area contributed by atoms with Crippen LogP contribution >= 0.6 is 11.3 Å². The van der Waals surface area contributed by atoms with Crippen LogP contribution in [0.15, 0.2) is 35.8 Å². The van der Waals surface area contributed by atoms with Gasteiger partial charge in [0.25, 0.3) is 0 Å². The fourth-order valence-corrected chi connectivity index (χ4v) is 2.98. The molecule has 21 heavy (non-hydrogen) atoms. The van der Waals surface area contributed by atoms with Gasteiger partial charge in [0.1, 0.15) is 0 Å². The third-order valence-electron chi connectivity index (χ3n) is 3.33. The minimum Gasteiger partial charge on any atom is -0.477 e. The van der Waals surface area contributed by atoms with Crippen molar-refractivity contribution in [1.82, 2.24) is 9.97 Å². The van der Waals surface area contributed by atoms with Crippen LogP contribution in [0.25, 0.3) is 10.8 Å². The molecule has 3 aromatic rings. The third kappa shape index (κ3) is 3.04. The number of thiazole rings is 1. The number of nitrogens with zero attached hydrogens (tertiary/aromatic N) is 2. The van der Waals surface area contributed by atoms with Gasteiger partial charge in [0.15, 0.2) is 0 Å². The fraction of sp³-hybridized carbons (Fsp3) is 0.250. The Morgan fingerprint density at radius 1 is 1.29 bits per heavy atom. The topological polar surface area (TPSA) is 55.2 Å². The number of hydrogen-bond acceptors (Lipinski definition) is 5. The van der Waals surface area contributed by atoms with Gasteiger partial charge in [-0.3, -0.25) is 0 Å². The number of benzene rings is 1. The summed E-state index contributed by atoms with van der Waals surface area (Å²) in [6.45, 7) is 2.47. The number of aliphatic hydroxyl groups is 1. The summed E-state index contributed by atoms with van der Waals surface area (Å²) in [5.74, 6) is 0.583. The van der Waals surface area contributed by atoms with E-state index in [9.17, 15) is 5.11 Å². The Balaban J connectivity index is 1.81. The van der Waals surface area contributed by atoms with Crippen molar-refractivity contribution in [3.8, 4) is 5.88 Å². The van der Waals surface area contributed by atoms with Crippen LogP contribution in [-0.4, -0.2) is 21.7 Å². The summed E-state index contributed by atoms with van der Waals surface area (Å²) < 4.78 is 5.85. The largest absolute Gasteiger partial charge is 0.477 e. The van der Waals surface area contributed by atoms with Crippen molar-refractivity contribution in [2.24, 2.45) is 0 Å². The number of aliphatic hydroxyl groups excluding tert-OH is 1. The number of pyridine rings is 1. The molecule has 0 fully saturated rings. The Labute approximate surface area is 127 Å². The Kier molecular flexibility index (Phi) is 4.13. The van der Waals surface area contributed by atoms with Crippen LogP contribution in [0, 0.1) is 6.92 Å². The Hall–Kier alpha value is -1.98. The molecule has 4 nitrogen and oxygen atoms in total. The van der Waals surface area contributed by atoms with Crippen LogP contribution in [0.2, 0.25) is 0 Å². The van der Waals surface area contributed by atoms with Crippen LogP contribution in [0.5, 0.6) is 5.88 Å². The van der Waals surface area contributed by atoms with Gasteiger partial charge in [-0.2, -0.15) is 0 Å². The van der Waals surface area contributed by atoms with Crippen molar-refractivity contribution in [3.05, 3.63) is 52.1 Å². The standard InChI is InChI=1S/C16H16N2O2S/c1-11-15(21-10-17-11)6-7-20-16-14-5-3-2-4-12(14)8-13(9-19)18-16/h2-5,8,10,19H,6-7,9H2,1H3. The number of hydrogen-bond donors (Lipinski definition) is 1. The monoisotopic (exact) mass is 300 g/mol. The number of rotatable bonds is 5. The van der Waals surface area contributed by atoms with Gasteiger partial charge in [-0.25, -0.2) is 9.97 Å². The molecule has 0 bridgehead atoms. The SMILES string of the molecule is Cc1ncsc1CCOc1nc(CO)cc2ccccc12. The quantitative estimate of drug-likeness (QED) is 0.786. The number of aryl methyl sites for hydroxylation is 1. The van der Waals surface area contributed by atoms with Crippen LogP contribution in [-0.2, 0) is 13.0 Å². The molecule has 0 spiro atoms. The maximum Gasteiger partial charge on any atom is 0.221 e. The van der Waals surface area contributed by atoms with E-state index in [2.05, 4.69) is 9.97 Å². The van der Waals surface area contributed by atoms with Crippen LogP contribution in [0.4, 0.5) is 0 Å². The molecule has 5 heteroatoms. The van der Waals surface area contributed by atoms with E-state index in [0.29, 0.717) is 18.2 Å². The first-order valence-electron chi connectivity index (χ1n) is 6.79. The molecular formula is C16H16N2O2S. The molecule has 0 aliphatic carbocycles. The molecule has 3 rings (SSSR count). The van der Waals surface area contributed by atoms with E-state index in [1.54, 1.807) is 11.3 Å². The predicted molar refractivity (Wildman–Crippen MR) is 83.7 cm³/mol. The lowest BCUT2D eigenvalue weighted by atomic mass is 10.1. The molecule has 2 aromatic heterocycles. The van der Waals surface area contributed by atoms with Gasteiger partial charge in [0.2, 0.25) is 5.88 Å². The maximum atomic E-state index is 9.31. The fourth-order valence-electron chi connectivity index (χ4n) is 2.22. The Bertz CT molecular complexity index is 755. The van der Waals surface area contributed by atoms with Crippen molar-refractivity contribution in [1.29, 1.82) is 0 Å². The minimum absolute atomic E-state index is 0.0881. The van der Waals surface area contributed by atoms with E-state index >= 15 is 0 Å². The van der Waals surface area contributed by atoms with Crippen LogP contribution < -0.4 is 4.74 Å². The molecule has 108 valence electrons. The average molecular weight is 300 g/mol. The highest BCUT2D eigenvalue weighted by molar-refractivity contribution is 7.09.